The van der Waals surface area contributed by atoms with Crippen molar-refractivity contribution >= 4 is 54.6 Å². The van der Waals surface area contributed by atoms with Gasteiger partial charge in [0.1, 0.15) is 22.3 Å². The van der Waals surface area contributed by atoms with Gasteiger partial charge in [0, 0.05) is 43.6 Å². The molecule has 0 atom stereocenters. The van der Waals surface area contributed by atoms with Gasteiger partial charge >= 0.3 is 0 Å². The summed E-state index contributed by atoms with van der Waals surface area (Å²) >= 11 is 0. The molecule has 252 valence electrons. The molecule has 3 aromatic heterocycles. The monoisotopic (exact) mass is 691 g/mol. The zero-order valence-electron chi connectivity index (χ0n) is 28.9. The van der Waals surface area contributed by atoms with Crippen molar-refractivity contribution in [1.29, 1.82) is 0 Å². The highest BCUT2D eigenvalue weighted by molar-refractivity contribution is 6.21. The summed E-state index contributed by atoms with van der Waals surface area (Å²) in [6.45, 7) is 0. The molecule has 0 saturated heterocycles. The highest BCUT2D eigenvalue weighted by Crippen LogP contribution is 2.42. The van der Waals surface area contributed by atoms with Gasteiger partial charge in [0.15, 0.2) is 17.5 Å². The number of rotatable bonds is 5. The molecule has 54 heavy (non-hydrogen) atoms. The van der Waals surface area contributed by atoms with Crippen LogP contribution in [-0.4, -0.2) is 15.0 Å². The van der Waals surface area contributed by atoms with Crippen LogP contribution in [0.3, 0.4) is 0 Å². The number of furan rings is 2. The maximum atomic E-state index is 6.59. The fourth-order valence-corrected chi connectivity index (χ4v) is 7.67. The van der Waals surface area contributed by atoms with Crippen LogP contribution < -0.4 is 0 Å². The van der Waals surface area contributed by atoms with Crippen LogP contribution in [-0.2, 0) is 0 Å². The van der Waals surface area contributed by atoms with E-state index in [-0.39, 0.29) is 0 Å². The first-order chi connectivity index (χ1) is 26.7. The van der Waals surface area contributed by atoms with Crippen LogP contribution in [0, 0.1) is 0 Å². The van der Waals surface area contributed by atoms with Gasteiger partial charge in [-0.3, -0.25) is 0 Å². The molecule has 0 N–H and O–H groups in total. The molecule has 5 heteroatoms. The molecule has 11 aromatic rings. The van der Waals surface area contributed by atoms with Gasteiger partial charge < -0.3 is 8.83 Å². The molecule has 11 rings (SSSR count). The fraction of sp³-hybridized carbons (Fsp3) is 0. The molecular formula is C49H29N3O2. The van der Waals surface area contributed by atoms with Gasteiger partial charge in [-0.15, -0.1) is 0 Å². The summed E-state index contributed by atoms with van der Waals surface area (Å²) in [4.78, 5) is 15.0. The lowest BCUT2D eigenvalue weighted by Crippen LogP contribution is -2.00. The number of benzene rings is 8. The third-order valence-corrected chi connectivity index (χ3v) is 10.3. The Balaban J connectivity index is 1.06. The highest BCUT2D eigenvalue weighted by Gasteiger charge is 2.18. The van der Waals surface area contributed by atoms with Crippen molar-refractivity contribution in [2.45, 2.75) is 0 Å². The predicted molar refractivity (Wildman–Crippen MR) is 219 cm³/mol. The minimum Gasteiger partial charge on any atom is -0.456 e. The van der Waals surface area contributed by atoms with Crippen LogP contribution in [0.2, 0.25) is 0 Å². The lowest BCUT2D eigenvalue weighted by molar-refractivity contribution is 0.669. The molecule has 0 aliphatic rings. The van der Waals surface area contributed by atoms with Crippen molar-refractivity contribution in [1.82, 2.24) is 15.0 Å². The van der Waals surface area contributed by atoms with Gasteiger partial charge in [-0.1, -0.05) is 133 Å². The van der Waals surface area contributed by atoms with E-state index in [1.165, 1.54) is 11.1 Å². The molecule has 0 radical (unpaired) electrons. The van der Waals surface area contributed by atoms with E-state index in [1.54, 1.807) is 0 Å². The summed E-state index contributed by atoms with van der Waals surface area (Å²) in [7, 11) is 0. The quantitative estimate of drug-likeness (QED) is 0.180. The standard InChI is InChI=1S/C49H29N3O2/c1-3-11-30(12-4-1)34-23-25-37-36(27-34)28-41(45-40-16-8-10-18-43(40)54-46(37)45)31-19-21-33(22-20-31)48-50-47(32-13-5-2-6-14-32)51-49(52-48)35-24-26-39-38-15-7-9-17-42(38)53-44(39)29-35/h1-29H. The lowest BCUT2D eigenvalue weighted by atomic mass is 9.93. The van der Waals surface area contributed by atoms with Gasteiger partial charge in [0.2, 0.25) is 0 Å². The van der Waals surface area contributed by atoms with E-state index in [2.05, 4.69) is 103 Å². The first-order valence-corrected chi connectivity index (χ1v) is 18.0. The number of para-hydroxylation sites is 2. The molecule has 3 heterocycles. The Bertz CT molecular complexity index is 3200. The third kappa shape index (κ3) is 4.98. The van der Waals surface area contributed by atoms with E-state index in [4.69, 9.17) is 23.8 Å². The molecule has 0 bridgehead atoms. The predicted octanol–water partition coefficient (Wildman–Crippen LogP) is 13.2. The second-order valence-corrected chi connectivity index (χ2v) is 13.6. The van der Waals surface area contributed by atoms with Gasteiger partial charge in [-0.05, 0) is 70.1 Å². The molecule has 0 fully saturated rings. The van der Waals surface area contributed by atoms with Gasteiger partial charge in [0.05, 0.1) is 0 Å². The molecule has 0 spiro atoms. The van der Waals surface area contributed by atoms with Crippen LogP contribution in [0.5, 0.6) is 0 Å². The Morgan fingerprint density at radius 3 is 1.57 bits per heavy atom. The average Bonchev–Trinajstić information content (AvgIpc) is 3.82. The second kappa shape index (κ2) is 12.1. The molecule has 0 amide bonds. The number of aromatic nitrogens is 3. The molecular weight excluding hydrogens is 663 g/mol. The van der Waals surface area contributed by atoms with Gasteiger partial charge in [-0.25, -0.2) is 15.0 Å². The van der Waals surface area contributed by atoms with Crippen LogP contribution in [0.1, 0.15) is 0 Å². The Kier molecular flexibility index (Phi) is 6.79. The van der Waals surface area contributed by atoms with Crippen molar-refractivity contribution in [3.63, 3.8) is 0 Å². The Morgan fingerprint density at radius 2 is 0.833 bits per heavy atom. The van der Waals surface area contributed by atoms with Crippen LogP contribution in [0.15, 0.2) is 185 Å². The first kappa shape index (κ1) is 30.3. The Morgan fingerprint density at radius 1 is 0.315 bits per heavy atom. The van der Waals surface area contributed by atoms with E-state index in [0.717, 1.165) is 82.5 Å². The SMILES string of the molecule is c1ccc(-c2ccc3c(c2)cc(-c2ccc(-c4nc(-c5ccccc5)nc(-c5ccc6c(c5)oc5ccccc56)n4)cc2)c2c4ccccc4oc32)cc1. The van der Waals surface area contributed by atoms with Crippen LogP contribution >= 0.6 is 0 Å². The molecule has 0 unspecified atom stereocenters. The average molecular weight is 692 g/mol. The van der Waals surface area contributed by atoms with Gasteiger partial charge in [0.25, 0.3) is 0 Å². The Hall–Kier alpha value is -7.37. The number of fused-ring (bicyclic) bond motifs is 8. The van der Waals surface area contributed by atoms with Crippen molar-refractivity contribution in [3.8, 4) is 56.4 Å². The third-order valence-electron chi connectivity index (χ3n) is 10.3. The lowest BCUT2D eigenvalue weighted by Gasteiger charge is -2.11. The molecule has 0 aliphatic carbocycles. The number of hydrogen-bond acceptors (Lipinski definition) is 5. The zero-order chi connectivity index (χ0) is 35.6. The molecule has 0 saturated carbocycles. The van der Waals surface area contributed by atoms with E-state index in [1.807, 2.05) is 72.8 Å². The number of nitrogens with zero attached hydrogens (tertiary/aromatic N) is 3. The van der Waals surface area contributed by atoms with Crippen molar-refractivity contribution < 1.29 is 8.83 Å². The topological polar surface area (TPSA) is 65.0 Å². The maximum absolute atomic E-state index is 6.59. The second-order valence-electron chi connectivity index (χ2n) is 13.6. The van der Waals surface area contributed by atoms with E-state index in [9.17, 15) is 0 Å². The Labute approximate surface area is 309 Å². The minimum atomic E-state index is 0.584. The first-order valence-electron chi connectivity index (χ1n) is 18.0. The molecule has 0 aliphatic heterocycles. The highest BCUT2D eigenvalue weighted by atomic mass is 16.3. The summed E-state index contributed by atoms with van der Waals surface area (Å²) in [5.41, 5.74) is 10.6. The fourth-order valence-electron chi connectivity index (χ4n) is 7.67. The number of hydrogen-bond donors (Lipinski definition) is 0. The van der Waals surface area contributed by atoms with Crippen molar-refractivity contribution in [2.24, 2.45) is 0 Å². The molecule has 5 nitrogen and oxygen atoms in total. The normalized spacial score (nSPS) is 11.7. The van der Waals surface area contributed by atoms with E-state index < -0.39 is 0 Å². The van der Waals surface area contributed by atoms with E-state index in [0.29, 0.717) is 17.5 Å². The largest absolute Gasteiger partial charge is 0.456 e. The summed E-state index contributed by atoms with van der Waals surface area (Å²) in [5.74, 6) is 1.79. The van der Waals surface area contributed by atoms with E-state index >= 15 is 0 Å². The maximum Gasteiger partial charge on any atom is 0.164 e. The molecule has 8 aromatic carbocycles. The zero-order valence-corrected chi connectivity index (χ0v) is 28.9. The summed E-state index contributed by atoms with van der Waals surface area (Å²) < 4.78 is 12.8. The van der Waals surface area contributed by atoms with Crippen LogP contribution in [0.4, 0.5) is 0 Å². The minimum absolute atomic E-state index is 0.584. The van der Waals surface area contributed by atoms with Gasteiger partial charge in [-0.2, -0.15) is 0 Å². The van der Waals surface area contributed by atoms with Crippen molar-refractivity contribution in [2.75, 3.05) is 0 Å². The summed E-state index contributed by atoms with van der Waals surface area (Å²) in [6.07, 6.45) is 0. The smallest absolute Gasteiger partial charge is 0.164 e. The summed E-state index contributed by atoms with van der Waals surface area (Å²) in [5, 5.41) is 6.56. The summed E-state index contributed by atoms with van der Waals surface area (Å²) in [6, 6.07) is 60.5. The van der Waals surface area contributed by atoms with Crippen LogP contribution in [0.25, 0.3) is 111 Å². The van der Waals surface area contributed by atoms with Crippen molar-refractivity contribution in [3.05, 3.63) is 176 Å².